The third kappa shape index (κ3) is 2.04. The smallest absolute Gasteiger partial charge is 0.266 e. The van der Waals surface area contributed by atoms with Crippen LogP contribution in [0, 0.1) is 0 Å². The minimum atomic E-state index is -0.346. The normalized spacial score (nSPS) is 13.5. The standard InChI is InChI=1S/C18H13N3O3/c22-10-11-9-15(20-19-11)14-7-3-4-8-16(14)21-17(23)12-5-1-2-6-13(12)18(21)24/h1-9,22H,10H2,(H,19,20). The van der Waals surface area contributed by atoms with Crippen LogP contribution in [0.4, 0.5) is 5.69 Å². The van der Waals surface area contributed by atoms with E-state index in [4.69, 9.17) is 0 Å². The summed E-state index contributed by atoms with van der Waals surface area (Å²) in [6, 6.07) is 15.5. The Kier molecular flexibility index (Phi) is 3.25. The summed E-state index contributed by atoms with van der Waals surface area (Å²) in [5.74, 6) is -0.693. The van der Waals surface area contributed by atoms with E-state index in [0.717, 1.165) is 0 Å². The van der Waals surface area contributed by atoms with Crippen molar-refractivity contribution in [1.82, 2.24) is 10.2 Å². The number of imide groups is 1. The van der Waals surface area contributed by atoms with Gasteiger partial charge >= 0.3 is 0 Å². The average molecular weight is 319 g/mol. The summed E-state index contributed by atoms with van der Waals surface area (Å²) < 4.78 is 0. The Hall–Kier alpha value is -3.25. The van der Waals surface area contributed by atoms with Gasteiger partial charge in [-0.05, 0) is 24.3 Å². The highest BCUT2D eigenvalue weighted by atomic mass is 16.3. The summed E-state index contributed by atoms with van der Waals surface area (Å²) >= 11 is 0. The average Bonchev–Trinajstić information content (AvgIpc) is 3.19. The van der Waals surface area contributed by atoms with Gasteiger partial charge in [0.05, 0.1) is 34.8 Å². The summed E-state index contributed by atoms with van der Waals surface area (Å²) in [6.45, 7) is -0.165. The first-order valence-electron chi connectivity index (χ1n) is 7.43. The molecule has 0 bridgehead atoms. The SMILES string of the molecule is O=C1c2ccccc2C(=O)N1c1ccccc1-c1cc(CO)[nH]n1. The Balaban J connectivity index is 1.84. The number of anilines is 1. The van der Waals surface area contributed by atoms with Crippen LogP contribution in [-0.2, 0) is 6.61 Å². The molecule has 2 heterocycles. The van der Waals surface area contributed by atoms with Gasteiger partial charge in [0.1, 0.15) is 0 Å². The van der Waals surface area contributed by atoms with Crippen molar-refractivity contribution in [3.63, 3.8) is 0 Å². The molecule has 1 aliphatic heterocycles. The molecule has 0 unspecified atom stereocenters. The van der Waals surface area contributed by atoms with E-state index in [2.05, 4.69) is 10.2 Å². The van der Waals surface area contributed by atoms with Crippen molar-refractivity contribution in [2.45, 2.75) is 6.61 Å². The number of carbonyl (C=O) groups excluding carboxylic acids is 2. The molecule has 0 saturated carbocycles. The highest BCUT2D eigenvalue weighted by Crippen LogP contribution is 2.35. The highest BCUT2D eigenvalue weighted by molar-refractivity contribution is 6.35. The molecule has 24 heavy (non-hydrogen) atoms. The minimum Gasteiger partial charge on any atom is -0.390 e. The molecular formula is C18H13N3O3. The summed E-state index contributed by atoms with van der Waals surface area (Å²) in [5, 5.41) is 16.1. The highest BCUT2D eigenvalue weighted by Gasteiger charge is 2.37. The number of rotatable bonds is 3. The van der Waals surface area contributed by atoms with E-state index in [1.807, 2.05) is 6.07 Å². The predicted octanol–water partition coefficient (Wildman–Crippen LogP) is 2.37. The fourth-order valence-corrected chi connectivity index (χ4v) is 2.87. The molecule has 6 heteroatoms. The summed E-state index contributed by atoms with van der Waals surface area (Å²) in [6.07, 6.45) is 0. The number of aromatic amines is 1. The number of nitrogens with zero attached hydrogens (tertiary/aromatic N) is 2. The van der Waals surface area contributed by atoms with Crippen LogP contribution in [0.3, 0.4) is 0 Å². The zero-order chi connectivity index (χ0) is 16.7. The Morgan fingerprint density at radius 3 is 2.08 bits per heavy atom. The zero-order valence-corrected chi connectivity index (χ0v) is 12.6. The molecule has 3 aromatic rings. The number of aromatic nitrogens is 2. The van der Waals surface area contributed by atoms with Crippen molar-refractivity contribution in [1.29, 1.82) is 0 Å². The number of para-hydroxylation sites is 1. The number of hydrogen-bond donors (Lipinski definition) is 2. The van der Waals surface area contributed by atoms with E-state index >= 15 is 0 Å². The molecule has 0 atom stereocenters. The Morgan fingerprint density at radius 2 is 1.50 bits per heavy atom. The van der Waals surface area contributed by atoms with E-state index < -0.39 is 0 Å². The van der Waals surface area contributed by atoms with Crippen LogP contribution in [-0.4, -0.2) is 27.1 Å². The van der Waals surface area contributed by atoms with Crippen LogP contribution in [0.2, 0.25) is 0 Å². The van der Waals surface area contributed by atoms with Gasteiger partial charge in [0.2, 0.25) is 0 Å². The number of fused-ring (bicyclic) bond motifs is 1. The number of H-pyrrole nitrogens is 1. The van der Waals surface area contributed by atoms with Crippen molar-refractivity contribution in [3.05, 3.63) is 71.4 Å². The number of benzene rings is 2. The molecule has 2 amide bonds. The van der Waals surface area contributed by atoms with Crippen molar-refractivity contribution in [2.24, 2.45) is 0 Å². The maximum atomic E-state index is 12.7. The van der Waals surface area contributed by atoms with Gasteiger partial charge < -0.3 is 5.11 Å². The lowest BCUT2D eigenvalue weighted by molar-refractivity contribution is 0.0926. The predicted molar refractivity (Wildman–Crippen MR) is 87.5 cm³/mol. The molecule has 0 fully saturated rings. The summed E-state index contributed by atoms with van der Waals surface area (Å²) in [7, 11) is 0. The molecule has 0 saturated heterocycles. The van der Waals surface area contributed by atoms with Gasteiger partial charge in [0, 0.05) is 5.56 Å². The van der Waals surface area contributed by atoms with E-state index in [9.17, 15) is 14.7 Å². The number of hydrogen-bond acceptors (Lipinski definition) is 4. The summed E-state index contributed by atoms with van der Waals surface area (Å²) in [4.78, 5) is 26.6. The van der Waals surface area contributed by atoms with Crippen LogP contribution >= 0.6 is 0 Å². The Morgan fingerprint density at radius 1 is 0.917 bits per heavy atom. The Labute approximate surface area is 137 Å². The zero-order valence-electron chi connectivity index (χ0n) is 12.6. The van der Waals surface area contributed by atoms with Gasteiger partial charge in [-0.2, -0.15) is 5.10 Å². The molecule has 6 nitrogen and oxygen atoms in total. The van der Waals surface area contributed by atoms with E-state index in [1.165, 1.54) is 4.90 Å². The molecule has 118 valence electrons. The first-order chi connectivity index (χ1) is 11.7. The molecule has 2 N–H and O–H groups in total. The van der Waals surface area contributed by atoms with Gasteiger partial charge in [-0.3, -0.25) is 14.7 Å². The fraction of sp³-hybridized carbons (Fsp3) is 0.0556. The number of amides is 2. The lowest BCUT2D eigenvalue weighted by Gasteiger charge is -2.17. The monoisotopic (exact) mass is 319 g/mol. The first-order valence-corrected chi connectivity index (χ1v) is 7.43. The fourth-order valence-electron chi connectivity index (χ4n) is 2.87. The third-order valence-electron chi connectivity index (χ3n) is 4.02. The molecule has 1 aromatic heterocycles. The topological polar surface area (TPSA) is 86.3 Å². The van der Waals surface area contributed by atoms with Gasteiger partial charge in [0.15, 0.2) is 0 Å². The second-order valence-electron chi connectivity index (χ2n) is 5.44. The minimum absolute atomic E-state index is 0.165. The molecule has 2 aromatic carbocycles. The van der Waals surface area contributed by atoms with Crippen molar-refractivity contribution >= 4 is 17.5 Å². The van der Waals surface area contributed by atoms with Crippen LogP contribution in [0.1, 0.15) is 26.4 Å². The Bertz CT molecular complexity index is 926. The molecule has 0 aliphatic carbocycles. The number of aliphatic hydroxyl groups is 1. The van der Waals surface area contributed by atoms with Gasteiger partial charge in [-0.15, -0.1) is 0 Å². The molecule has 0 radical (unpaired) electrons. The number of nitrogens with one attached hydrogen (secondary N) is 1. The maximum absolute atomic E-state index is 12.7. The second kappa shape index (κ2) is 5.43. The first kappa shape index (κ1) is 14.3. The van der Waals surface area contributed by atoms with E-state index in [1.54, 1.807) is 48.5 Å². The van der Waals surface area contributed by atoms with Crippen LogP contribution in [0.5, 0.6) is 0 Å². The third-order valence-corrected chi connectivity index (χ3v) is 4.02. The lowest BCUT2D eigenvalue weighted by Crippen LogP contribution is -2.29. The van der Waals surface area contributed by atoms with Crippen LogP contribution in [0.25, 0.3) is 11.3 Å². The molecular weight excluding hydrogens is 306 g/mol. The second-order valence-corrected chi connectivity index (χ2v) is 5.44. The van der Waals surface area contributed by atoms with Gasteiger partial charge in [-0.1, -0.05) is 30.3 Å². The largest absolute Gasteiger partial charge is 0.390 e. The molecule has 1 aliphatic rings. The number of carbonyl (C=O) groups is 2. The van der Waals surface area contributed by atoms with Crippen LogP contribution in [0.15, 0.2) is 54.6 Å². The van der Waals surface area contributed by atoms with Crippen molar-refractivity contribution in [2.75, 3.05) is 4.90 Å². The molecule has 4 rings (SSSR count). The molecule has 0 spiro atoms. The van der Waals surface area contributed by atoms with Crippen molar-refractivity contribution < 1.29 is 14.7 Å². The van der Waals surface area contributed by atoms with E-state index in [0.29, 0.717) is 33.8 Å². The van der Waals surface area contributed by atoms with Crippen LogP contribution < -0.4 is 4.90 Å². The maximum Gasteiger partial charge on any atom is 0.266 e. The lowest BCUT2D eigenvalue weighted by atomic mass is 10.1. The quantitative estimate of drug-likeness (QED) is 0.726. The summed E-state index contributed by atoms with van der Waals surface area (Å²) in [5.41, 5.74) is 3.03. The van der Waals surface area contributed by atoms with Crippen molar-refractivity contribution in [3.8, 4) is 11.3 Å². The van der Waals surface area contributed by atoms with E-state index in [-0.39, 0.29) is 18.4 Å². The van der Waals surface area contributed by atoms with Gasteiger partial charge in [-0.25, -0.2) is 4.90 Å². The van der Waals surface area contributed by atoms with Gasteiger partial charge in [0.25, 0.3) is 11.8 Å². The number of aliphatic hydroxyl groups excluding tert-OH is 1.